The molecule has 1 unspecified atom stereocenters. The molecule has 2 heterocycles. The molecule has 5 N–H and O–H groups in total. The summed E-state index contributed by atoms with van der Waals surface area (Å²) in [6.07, 6.45) is 1.64. The summed E-state index contributed by atoms with van der Waals surface area (Å²) in [7, 11) is -1.72. The fraction of sp³-hybridized carbons (Fsp3) is 0.379. The largest absolute Gasteiger partial charge is 0.489 e. The lowest BCUT2D eigenvalue weighted by Gasteiger charge is -2.14. The van der Waals surface area contributed by atoms with Crippen LogP contribution < -0.4 is 26.1 Å². The summed E-state index contributed by atoms with van der Waals surface area (Å²) < 4.78 is 34.0. The van der Waals surface area contributed by atoms with Gasteiger partial charge in [0.05, 0.1) is 25.9 Å². The molecule has 0 aliphatic rings. The standard InChI is InChI=1S/C29H37BrN7O5P/c1-4-36-22-14-13-21(41-19-20-11-7-6-8-12-20)17-23(22)37(15-9-10-16-43(39,40-3)42-5-2)24(36)18-33-29(38)25-27(31)35-28(32)26(30)34-25/h6-8,11-14,17H,4-5,9-10,15-16,18-19H2,1-3H3,(H4-,31,32,33,35,38)/p+1. The smallest absolute Gasteiger partial charge is 0.330 e. The predicted molar refractivity (Wildman–Crippen MR) is 169 cm³/mol. The van der Waals surface area contributed by atoms with Gasteiger partial charge in [-0.25, -0.2) is 19.1 Å². The molecule has 0 radical (unpaired) electrons. The highest BCUT2D eigenvalue weighted by molar-refractivity contribution is 9.10. The SMILES string of the molecule is CCOP(=O)(CCCCn1c(CNC(=O)c2nc(Br)c(N)nc2N)[n+](CC)c2ccc(OCc3ccccc3)cc21)OC. The Balaban J connectivity index is 1.63. The minimum atomic E-state index is -3.13. The van der Waals surface area contributed by atoms with Gasteiger partial charge in [-0.15, -0.1) is 0 Å². The monoisotopic (exact) mass is 674 g/mol. The van der Waals surface area contributed by atoms with Crippen LogP contribution in [-0.2, 0) is 39.9 Å². The van der Waals surface area contributed by atoms with E-state index in [-0.39, 0.29) is 28.5 Å². The molecular weight excluding hydrogens is 637 g/mol. The number of nitrogens with one attached hydrogen (secondary N) is 1. The van der Waals surface area contributed by atoms with E-state index in [1.165, 1.54) is 7.11 Å². The second kappa shape index (κ2) is 14.8. The normalized spacial score (nSPS) is 12.7. The number of amides is 1. The average Bonchev–Trinajstić information content (AvgIpc) is 3.31. The van der Waals surface area contributed by atoms with Crippen LogP contribution in [0.2, 0.25) is 0 Å². The van der Waals surface area contributed by atoms with Gasteiger partial charge in [0.1, 0.15) is 23.5 Å². The van der Waals surface area contributed by atoms with Gasteiger partial charge >= 0.3 is 7.60 Å². The van der Waals surface area contributed by atoms with Crippen molar-refractivity contribution in [1.29, 1.82) is 0 Å². The number of hydrogen-bond donors (Lipinski definition) is 3. The number of fused-ring (bicyclic) bond motifs is 1. The second-order valence-corrected chi connectivity index (χ2v) is 12.7. The third-order valence-corrected chi connectivity index (χ3v) is 9.57. The maximum absolute atomic E-state index is 13.1. The Kier molecular flexibility index (Phi) is 11.1. The fourth-order valence-corrected chi connectivity index (χ4v) is 6.52. The van der Waals surface area contributed by atoms with Crippen LogP contribution in [0.5, 0.6) is 5.75 Å². The summed E-state index contributed by atoms with van der Waals surface area (Å²) in [6, 6.07) is 16.0. The number of anilines is 2. The third-order valence-electron chi connectivity index (χ3n) is 6.91. The molecule has 0 fully saturated rings. The minimum absolute atomic E-state index is 0.0189. The number of nitrogens with two attached hydrogens (primary N) is 2. The Labute approximate surface area is 259 Å². The number of aryl methyl sites for hydroxylation is 2. The van der Waals surface area contributed by atoms with Crippen LogP contribution in [-0.4, -0.2) is 40.3 Å². The molecule has 4 rings (SSSR count). The topological polar surface area (TPSA) is 160 Å². The molecule has 0 spiro atoms. The number of carbonyl (C=O) groups excluding carboxylic acids is 1. The summed E-state index contributed by atoms with van der Waals surface area (Å²) >= 11 is 3.21. The molecular formula is C29H38BrN7O5P+. The summed E-state index contributed by atoms with van der Waals surface area (Å²) in [5, 5.41) is 2.94. The van der Waals surface area contributed by atoms with E-state index in [9.17, 15) is 9.36 Å². The number of rotatable bonds is 15. The molecule has 230 valence electrons. The molecule has 0 aliphatic carbocycles. The highest BCUT2D eigenvalue weighted by atomic mass is 79.9. The van der Waals surface area contributed by atoms with Crippen molar-refractivity contribution >= 4 is 52.1 Å². The van der Waals surface area contributed by atoms with E-state index < -0.39 is 13.5 Å². The van der Waals surface area contributed by atoms with Crippen LogP contribution in [0, 0.1) is 0 Å². The van der Waals surface area contributed by atoms with E-state index in [1.807, 2.05) is 55.5 Å². The number of carbonyl (C=O) groups is 1. The first kappa shape index (κ1) is 32.4. The van der Waals surface area contributed by atoms with Gasteiger partial charge in [-0.05, 0) is 60.3 Å². The van der Waals surface area contributed by atoms with E-state index in [4.69, 9.17) is 25.3 Å². The zero-order valence-electron chi connectivity index (χ0n) is 24.6. The number of imidazole rings is 1. The van der Waals surface area contributed by atoms with Crippen molar-refractivity contribution in [3.05, 3.63) is 70.2 Å². The van der Waals surface area contributed by atoms with Gasteiger partial charge in [0.25, 0.3) is 11.7 Å². The second-order valence-electron chi connectivity index (χ2n) is 9.70. The highest BCUT2D eigenvalue weighted by Crippen LogP contribution is 2.47. The zero-order chi connectivity index (χ0) is 31.0. The van der Waals surface area contributed by atoms with E-state index in [0.29, 0.717) is 45.3 Å². The van der Waals surface area contributed by atoms with Crippen LogP contribution >= 0.6 is 23.5 Å². The third kappa shape index (κ3) is 7.91. The Morgan fingerprint density at radius 3 is 2.56 bits per heavy atom. The maximum Gasteiger partial charge on any atom is 0.330 e. The lowest BCUT2D eigenvalue weighted by atomic mass is 10.2. The molecule has 12 nitrogen and oxygen atoms in total. The Morgan fingerprint density at radius 1 is 1.09 bits per heavy atom. The number of nitrogens with zero attached hydrogens (tertiary/aromatic N) is 4. The Morgan fingerprint density at radius 2 is 1.86 bits per heavy atom. The van der Waals surface area contributed by atoms with E-state index in [0.717, 1.165) is 28.2 Å². The minimum Gasteiger partial charge on any atom is -0.489 e. The summed E-state index contributed by atoms with van der Waals surface area (Å²) in [6.45, 7) is 6.06. The van der Waals surface area contributed by atoms with Gasteiger partial charge in [-0.1, -0.05) is 30.3 Å². The van der Waals surface area contributed by atoms with Gasteiger partial charge in [-0.3, -0.25) is 9.36 Å². The number of nitrogen functional groups attached to an aromatic ring is 2. The molecule has 1 amide bonds. The number of aromatic nitrogens is 4. The zero-order valence-corrected chi connectivity index (χ0v) is 27.1. The van der Waals surface area contributed by atoms with Crippen molar-refractivity contribution < 1.29 is 27.7 Å². The van der Waals surface area contributed by atoms with Gasteiger partial charge in [0.15, 0.2) is 28.4 Å². The molecule has 14 heteroatoms. The van der Waals surface area contributed by atoms with Crippen LogP contribution in [0.3, 0.4) is 0 Å². The maximum atomic E-state index is 13.1. The molecule has 0 saturated heterocycles. The van der Waals surface area contributed by atoms with E-state index in [2.05, 4.69) is 40.3 Å². The van der Waals surface area contributed by atoms with Crippen LogP contribution in [0.15, 0.2) is 53.1 Å². The van der Waals surface area contributed by atoms with Crippen LogP contribution in [0.25, 0.3) is 11.0 Å². The predicted octanol–water partition coefficient (Wildman–Crippen LogP) is 4.83. The summed E-state index contributed by atoms with van der Waals surface area (Å²) in [4.78, 5) is 21.3. The first-order valence-electron chi connectivity index (χ1n) is 14.1. The number of unbranched alkanes of at least 4 members (excludes halogenated alkanes) is 1. The molecule has 1 atom stereocenters. The summed E-state index contributed by atoms with van der Waals surface area (Å²) in [5.41, 5.74) is 14.7. The van der Waals surface area contributed by atoms with Crippen molar-refractivity contribution in [1.82, 2.24) is 19.9 Å². The number of ether oxygens (including phenoxy) is 1. The molecule has 4 aromatic rings. The fourth-order valence-electron chi connectivity index (χ4n) is 4.83. The van der Waals surface area contributed by atoms with Gasteiger partial charge in [0.2, 0.25) is 0 Å². The lowest BCUT2D eigenvalue weighted by Crippen LogP contribution is -2.40. The molecule has 0 saturated carbocycles. The Bertz CT molecular complexity index is 1620. The van der Waals surface area contributed by atoms with Gasteiger partial charge in [-0.2, -0.15) is 0 Å². The number of benzene rings is 2. The van der Waals surface area contributed by atoms with E-state index >= 15 is 0 Å². The summed E-state index contributed by atoms with van der Waals surface area (Å²) in [5.74, 6) is 1.16. The molecule has 0 bridgehead atoms. The first-order chi connectivity index (χ1) is 20.7. The Hall–Kier alpha value is -3.51. The van der Waals surface area contributed by atoms with Gasteiger partial charge < -0.3 is 30.6 Å². The lowest BCUT2D eigenvalue weighted by molar-refractivity contribution is -0.676. The molecule has 43 heavy (non-hydrogen) atoms. The number of hydrogen-bond acceptors (Lipinski definition) is 9. The van der Waals surface area contributed by atoms with Crippen molar-refractivity contribution in [3.63, 3.8) is 0 Å². The molecule has 2 aromatic carbocycles. The van der Waals surface area contributed by atoms with Crippen LogP contribution in [0.4, 0.5) is 11.6 Å². The van der Waals surface area contributed by atoms with Crippen molar-refractivity contribution in [2.45, 2.75) is 52.9 Å². The van der Waals surface area contributed by atoms with Gasteiger partial charge in [0, 0.05) is 13.2 Å². The quantitative estimate of drug-likeness (QED) is 0.0911. The van der Waals surface area contributed by atoms with Crippen molar-refractivity contribution in [2.75, 3.05) is 31.3 Å². The average molecular weight is 676 g/mol. The van der Waals surface area contributed by atoms with E-state index in [1.54, 1.807) is 6.92 Å². The molecule has 0 aliphatic heterocycles. The van der Waals surface area contributed by atoms with Crippen LogP contribution in [0.1, 0.15) is 48.6 Å². The first-order valence-corrected chi connectivity index (χ1v) is 16.6. The van der Waals surface area contributed by atoms with Crippen molar-refractivity contribution in [2.24, 2.45) is 0 Å². The number of halogens is 1. The molecule has 2 aromatic heterocycles. The highest BCUT2D eigenvalue weighted by Gasteiger charge is 2.27. The van der Waals surface area contributed by atoms with Crippen molar-refractivity contribution in [3.8, 4) is 5.75 Å².